The van der Waals surface area contributed by atoms with E-state index in [1.807, 2.05) is 0 Å². The predicted molar refractivity (Wildman–Crippen MR) is 93.3 cm³/mol. The molecule has 1 saturated heterocycles. The average Bonchev–Trinajstić information content (AvgIpc) is 3.18. The molecule has 2 fully saturated rings. The number of fused-ring (bicyclic) bond motifs is 2. The molecule has 0 radical (unpaired) electrons. The summed E-state index contributed by atoms with van der Waals surface area (Å²) in [6.07, 6.45) is 8.97. The molecule has 22 heavy (non-hydrogen) atoms. The molecule has 118 valence electrons. The van der Waals surface area contributed by atoms with Crippen molar-refractivity contribution in [2.75, 3.05) is 37.6 Å². The molecule has 2 heteroatoms. The average molecular weight is 296 g/mol. The van der Waals surface area contributed by atoms with E-state index in [4.69, 9.17) is 0 Å². The van der Waals surface area contributed by atoms with Crippen LogP contribution in [0.15, 0.2) is 36.4 Å². The lowest BCUT2D eigenvalue weighted by atomic mass is 9.93. The molecule has 3 atom stereocenters. The molecule has 0 unspecified atom stereocenters. The van der Waals surface area contributed by atoms with E-state index in [-0.39, 0.29) is 0 Å². The summed E-state index contributed by atoms with van der Waals surface area (Å²) in [6, 6.07) is 8.93. The van der Waals surface area contributed by atoms with Crippen LogP contribution in [0.4, 0.5) is 5.69 Å². The van der Waals surface area contributed by atoms with Crippen molar-refractivity contribution in [2.45, 2.75) is 26.2 Å². The maximum absolute atomic E-state index is 2.71. The van der Waals surface area contributed by atoms with E-state index >= 15 is 0 Å². The largest absolute Gasteiger partial charge is 0.369 e. The third-order valence-electron chi connectivity index (χ3n) is 5.99. The Morgan fingerprint density at radius 1 is 1.00 bits per heavy atom. The summed E-state index contributed by atoms with van der Waals surface area (Å²) in [5, 5.41) is 0. The lowest BCUT2D eigenvalue weighted by Gasteiger charge is -2.38. The Morgan fingerprint density at radius 3 is 2.50 bits per heavy atom. The maximum Gasteiger partial charge on any atom is 0.0399 e. The second kappa shape index (κ2) is 6.08. The summed E-state index contributed by atoms with van der Waals surface area (Å²) in [7, 11) is 0. The van der Waals surface area contributed by atoms with Crippen LogP contribution in [0.25, 0.3) is 0 Å². The minimum atomic E-state index is 0.892. The predicted octanol–water partition coefficient (Wildman–Crippen LogP) is 3.58. The van der Waals surface area contributed by atoms with Crippen LogP contribution < -0.4 is 4.90 Å². The molecule has 1 aromatic rings. The SMILES string of the molecule is CCc1ccccc1N1CCN(C[C@@H]2C[C@H]3C=C[C@H]2C3)CC1. The maximum atomic E-state index is 2.71. The zero-order valence-corrected chi connectivity index (χ0v) is 13.7. The third-order valence-corrected chi connectivity index (χ3v) is 5.99. The van der Waals surface area contributed by atoms with Crippen LogP contribution in [0.3, 0.4) is 0 Å². The summed E-state index contributed by atoms with van der Waals surface area (Å²) in [5.74, 6) is 2.74. The normalized spacial score (nSPS) is 31.1. The molecule has 2 nitrogen and oxygen atoms in total. The van der Waals surface area contributed by atoms with E-state index in [1.165, 1.54) is 56.8 Å². The van der Waals surface area contributed by atoms with Gasteiger partial charge in [0.2, 0.25) is 0 Å². The van der Waals surface area contributed by atoms with E-state index in [1.54, 1.807) is 0 Å². The van der Waals surface area contributed by atoms with Crippen LogP contribution in [0.2, 0.25) is 0 Å². The van der Waals surface area contributed by atoms with Crippen molar-refractivity contribution in [3.8, 4) is 0 Å². The summed E-state index contributed by atoms with van der Waals surface area (Å²) >= 11 is 0. The minimum Gasteiger partial charge on any atom is -0.369 e. The zero-order chi connectivity index (χ0) is 14.9. The molecular formula is C20H28N2. The summed E-state index contributed by atoms with van der Waals surface area (Å²) < 4.78 is 0. The molecule has 0 spiro atoms. The van der Waals surface area contributed by atoms with Gasteiger partial charge < -0.3 is 4.90 Å². The van der Waals surface area contributed by atoms with Crippen LogP contribution >= 0.6 is 0 Å². The number of benzene rings is 1. The molecule has 1 aliphatic heterocycles. The smallest absolute Gasteiger partial charge is 0.0399 e. The van der Waals surface area contributed by atoms with Crippen molar-refractivity contribution in [1.82, 2.24) is 4.90 Å². The van der Waals surface area contributed by atoms with Gasteiger partial charge in [0, 0.05) is 38.4 Å². The highest BCUT2D eigenvalue weighted by Gasteiger charge is 2.36. The first-order valence-corrected chi connectivity index (χ1v) is 9.07. The molecule has 4 rings (SSSR count). The van der Waals surface area contributed by atoms with Crippen LogP contribution in [-0.4, -0.2) is 37.6 Å². The first kappa shape index (κ1) is 14.3. The van der Waals surface area contributed by atoms with Gasteiger partial charge in [0.1, 0.15) is 0 Å². The van der Waals surface area contributed by atoms with Crippen molar-refractivity contribution in [2.24, 2.45) is 17.8 Å². The number of hydrogen-bond donors (Lipinski definition) is 0. The molecule has 2 aliphatic carbocycles. The lowest BCUT2D eigenvalue weighted by molar-refractivity contribution is 0.204. The second-order valence-electron chi connectivity index (χ2n) is 7.31. The molecular weight excluding hydrogens is 268 g/mol. The van der Waals surface area contributed by atoms with Gasteiger partial charge in [-0.3, -0.25) is 4.90 Å². The topological polar surface area (TPSA) is 6.48 Å². The number of aryl methyl sites for hydroxylation is 1. The van der Waals surface area contributed by atoms with E-state index in [2.05, 4.69) is 53.1 Å². The van der Waals surface area contributed by atoms with Gasteiger partial charge in [0.25, 0.3) is 0 Å². The van der Waals surface area contributed by atoms with Crippen molar-refractivity contribution in [1.29, 1.82) is 0 Å². The molecule has 2 bridgehead atoms. The Bertz CT molecular complexity index is 542. The Labute approximate surface area is 134 Å². The zero-order valence-electron chi connectivity index (χ0n) is 13.7. The molecule has 3 aliphatic rings. The van der Waals surface area contributed by atoms with Gasteiger partial charge in [-0.15, -0.1) is 0 Å². The van der Waals surface area contributed by atoms with Gasteiger partial charge in [0.15, 0.2) is 0 Å². The number of hydrogen-bond acceptors (Lipinski definition) is 2. The van der Waals surface area contributed by atoms with Crippen LogP contribution in [0.5, 0.6) is 0 Å². The van der Waals surface area contributed by atoms with Crippen LogP contribution in [-0.2, 0) is 6.42 Å². The van der Waals surface area contributed by atoms with E-state index in [0.29, 0.717) is 0 Å². The third kappa shape index (κ3) is 2.69. The van der Waals surface area contributed by atoms with E-state index < -0.39 is 0 Å². The van der Waals surface area contributed by atoms with Gasteiger partial charge in [-0.25, -0.2) is 0 Å². The number of rotatable bonds is 4. The van der Waals surface area contributed by atoms with Gasteiger partial charge in [0.05, 0.1) is 0 Å². The highest BCUT2D eigenvalue weighted by molar-refractivity contribution is 5.54. The Hall–Kier alpha value is -1.28. The summed E-state index contributed by atoms with van der Waals surface area (Å²) in [6.45, 7) is 8.43. The van der Waals surface area contributed by atoms with Gasteiger partial charge in [-0.2, -0.15) is 0 Å². The monoisotopic (exact) mass is 296 g/mol. The van der Waals surface area contributed by atoms with Crippen LogP contribution in [0.1, 0.15) is 25.3 Å². The summed E-state index contributed by atoms with van der Waals surface area (Å²) in [5.41, 5.74) is 2.96. The van der Waals surface area contributed by atoms with E-state index in [9.17, 15) is 0 Å². The number of para-hydroxylation sites is 1. The van der Waals surface area contributed by atoms with Crippen molar-refractivity contribution in [3.63, 3.8) is 0 Å². The number of anilines is 1. The first-order chi connectivity index (χ1) is 10.8. The van der Waals surface area contributed by atoms with Crippen LogP contribution in [0, 0.1) is 17.8 Å². The molecule has 1 saturated carbocycles. The molecule has 0 amide bonds. The highest BCUT2D eigenvalue weighted by atomic mass is 15.3. The minimum absolute atomic E-state index is 0.892. The number of nitrogens with zero attached hydrogens (tertiary/aromatic N) is 2. The lowest BCUT2D eigenvalue weighted by Crippen LogP contribution is -2.48. The quantitative estimate of drug-likeness (QED) is 0.784. The molecule has 1 aromatic carbocycles. The second-order valence-corrected chi connectivity index (χ2v) is 7.31. The van der Waals surface area contributed by atoms with Gasteiger partial charge in [-0.05, 0) is 48.6 Å². The van der Waals surface area contributed by atoms with Crippen molar-refractivity contribution < 1.29 is 0 Å². The Kier molecular flexibility index (Phi) is 3.96. The van der Waals surface area contributed by atoms with E-state index in [0.717, 1.165) is 24.2 Å². The highest BCUT2D eigenvalue weighted by Crippen LogP contribution is 2.43. The number of allylic oxidation sites excluding steroid dienone is 2. The van der Waals surface area contributed by atoms with Gasteiger partial charge >= 0.3 is 0 Å². The van der Waals surface area contributed by atoms with Crippen molar-refractivity contribution in [3.05, 3.63) is 42.0 Å². The van der Waals surface area contributed by atoms with Gasteiger partial charge in [-0.1, -0.05) is 37.3 Å². The fourth-order valence-electron chi connectivity index (χ4n) is 4.73. The Morgan fingerprint density at radius 2 is 1.82 bits per heavy atom. The fraction of sp³-hybridized carbons (Fsp3) is 0.600. The molecule has 0 N–H and O–H groups in total. The fourth-order valence-corrected chi connectivity index (χ4v) is 4.73. The molecule has 1 heterocycles. The first-order valence-electron chi connectivity index (χ1n) is 9.07. The number of piperazine rings is 1. The van der Waals surface area contributed by atoms with Crippen molar-refractivity contribution >= 4 is 5.69 Å². The standard InChI is InChI=1S/C20H28N2/c1-2-17-5-3-4-6-20(17)22-11-9-21(10-12-22)15-19-14-16-7-8-18(19)13-16/h3-8,16,18-19H,2,9-15H2,1H3/t16-,18-,19-/m0/s1. The Balaban J connectivity index is 1.34. The molecule has 0 aromatic heterocycles. The summed E-state index contributed by atoms with van der Waals surface area (Å²) in [4.78, 5) is 5.31.